The van der Waals surface area contributed by atoms with E-state index >= 15 is 0 Å². The van der Waals surface area contributed by atoms with E-state index in [1.165, 1.54) is 62.1 Å². The van der Waals surface area contributed by atoms with Crippen molar-refractivity contribution in [1.82, 2.24) is 9.80 Å². The maximum Gasteiger partial charge on any atom is 0.104 e. The highest BCUT2D eigenvalue weighted by Gasteiger charge is 2.41. The molecule has 0 N–H and O–H groups in total. The molecule has 7 heteroatoms. The average molecular weight is 477 g/mol. The number of nitrogens with zero attached hydrogens (tertiary/aromatic N) is 2. The molecule has 4 heterocycles. The van der Waals surface area contributed by atoms with Gasteiger partial charge in [-0.05, 0) is 37.7 Å². The molecule has 0 radical (unpaired) electrons. The molecular formula is C26H40N2O4S. The lowest BCUT2D eigenvalue weighted by atomic mass is 9.86. The highest BCUT2D eigenvalue weighted by Crippen LogP contribution is 2.47. The summed E-state index contributed by atoms with van der Waals surface area (Å²) in [7, 11) is 0. The summed E-state index contributed by atoms with van der Waals surface area (Å²) < 4.78 is 22.5. The number of thioether (sulfide) groups is 1. The van der Waals surface area contributed by atoms with Crippen LogP contribution in [0, 0.1) is 5.92 Å². The van der Waals surface area contributed by atoms with E-state index in [9.17, 15) is 0 Å². The largest absolute Gasteiger partial charge is 0.377 e. The smallest absolute Gasteiger partial charge is 0.104 e. The topological polar surface area (TPSA) is 50.0 Å². The van der Waals surface area contributed by atoms with Crippen LogP contribution in [0.1, 0.15) is 51.4 Å². The predicted octanol–water partition coefficient (Wildman–Crippen LogP) is 3.78. The second-order valence-corrected chi connectivity index (χ2v) is 11.8. The predicted molar refractivity (Wildman–Crippen MR) is 130 cm³/mol. The van der Waals surface area contributed by atoms with Crippen LogP contribution in [0.25, 0.3) is 0 Å². The number of allylic oxidation sites excluding steroid dienone is 1. The zero-order valence-corrected chi connectivity index (χ0v) is 20.7. The molecule has 4 aliphatic heterocycles. The summed E-state index contributed by atoms with van der Waals surface area (Å²) in [4.78, 5) is 5.36. The monoisotopic (exact) mass is 476 g/mol. The molecule has 0 spiro atoms. The lowest BCUT2D eigenvalue weighted by Gasteiger charge is -2.35. The van der Waals surface area contributed by atoms with Crippen LogP contribution in [0.3, 0.4) is 0 Å². The zero-order chi connectivity index (χ0) is 22.0. The van der Waals surface area contributed by atoms with Gasteiger partial charge in [0, 0.05) is 36.1 Å². The third-order valence-electron chi connectivity index (χ3n) is 8.16. The summed E-state index contributed by atoms with van der Waals surface area (Å²) in [6, 6.07) is 1.34. The number of rotatable bonds is 11. The first-order chi connectivity index (χ1) is 16.3. The van der Waals surface area contributed by atoms with E-state index in [0.717, 1.165) is 58.0 Å². The molecular weight excluding hydrogens is 436 g/mol. The maximum absolute atomic E-state index is 5.95. The summed E-state index contributed by atoms with van der Waals surface area (Å²) in [5.41, 5.74) is 1.44. The molecule has 0 aromatic carbocycles. The fourth-order valence-corrected chi connectivity index (χ4v) is 7.80. The first-order valence-corrected chi connectivity index (χ1v) is 14.3. The highest BCUT2D eigenvalue weighted by molar-refractivity contribution is 8.03. The maximum atomic E-state index is 5.95. The number of hydrogen-bond acceptors (Lipinski definition) is 7. The van der Waals surface area contributed by atoms with Crippen molar-refractivity contribution >= 4 is 11.8 Å². The number of fused-ring (bicyclic) bond motifs is 2. The molecule has 6 aliphatic rings. The Balaban J connectivity index is 1.14. The minimum Gasteiger partial charge on any atom is -0.377 e. The molecule has 2 aliphatic carbocycles. The first kappa shape index (κ1) is 22.7. The molecule has 0 aromatic heterocycles. The van der Waals surface area contributed by atoms with Gasteiger partial charge in [-0.25, -0.2) is 0 Å². The second kappa shape index (κ2) is 10.5. The van der Waals surface area contributed by atoms with Crippen molar-refractivity contribution in [3.05, 3.63) is 22.9 Å². The summed E-state index contributed by atoms with van der Waals surface area (Å²) in [5.74, 6) is 0.710. The van der Waals surface area contributed by atoms with E-state index in [2.05, 4.69) is 33.7 Å². The van der Waals surface area contributed by atoms with Gasteiger partial charge in [0.2, 0.25) is 0 Å². The Bertz CT molecular complexity index is 738. The average Bonchev–Trinajstić information content (AvgIpc) is 3.76. The third kappa shape index (κ3) is 5.58. The van der Waals surface area contributed by atoms with Crippen molar-refractivity contribution in [3.63, 3.8) is 0 Å². The standard InChI is InChI=1S/C26H40N2O4S/c1-2-6-23-19(5-1)13-20(27(23)9-11-29-15-21-17-31-21)14-26-28(10-12-30-16-22-18-32-22)24-7-3-4-8-25(24)33-26/h13-14,19,21-25H,1-12,15-18H2. The van der Waals surface area contributed by atoms with E-state index < -0.39 is 0 Å². The van der Waals surface area contributed by atoms with Crippen LogP contribution >= 0.6 is 11.8 Å². The van der Waals surface area contributed by atoms with Gasteiger partial charge in [-0.15, -0.1) is 11.8 Å². The molecule has 0 aromatic rings. The van der Waals surface area contributed by atoms with Crippen molar-refractivity contribution in [2.24, 2.45) is 5.92 Å². The summed E-state index contributed by atoms with van der Waals surface area (Å²) >= 11 is 2.13. The van der Waals surface area contributed by atoms with Gasteiger partial charge >= 0.3 is 0 Å². The van der Waals surface area contributed by atoms with E-state index in [0.29, 0.717) is 30.2 Å². The highest BCUT2D eigenvalue weighted by atomic mass is 32.2. The van der Waals surface area contributed by atoms with Crippen LogP contribution in [-0.2, 0) is 18.9 Å². The molecule has 6 nitrogen and oxygen atoms in total. The molecule has 6 atom stereocenters. The lowest BCUT2D eigenvalue weighted by molar-refractivity contribution is 0.0835. The van der Waals surface area contributed by atoms with Crippen molar-refractivity contribution in [1.29, 1.82) is 0 Å². The zero-order valence-electron chi connectivity index (χ0n) is 19.9. The van der Waals surface area contributed by atoms with Crippen LogP contribution in [0.2, 0.25) is 0 Å². The molecule has 5 fully saturated rings. The van der Waals surface area contributed by atoms with Gasteiger partial charge in [0.25, 0.3) is 0 Å². The fourth-order valence-electron chi connectivity index (χ4n) is 6.21. The van der Waals surface area contributed by atoms with Crippen LogP contribution in [-0.4, -0.2) is 92.1 Å². The van der Waals surface area contributed by atoms with Gasteiger partial charge in [0.15, 0.2) is 0 Å². The van der Waals surface area contributed by atoms with Crippen molar-refractivity contribution < 1.29 is 18.9 Å². The van der Waals surface area contributed by atoms with E-state index in [1.54, 1.807) is 0 Å². The Kier molecular flexibility index (Phi) is 7.22. The first-order valence-electron chi connectivity index (χ1n) is 13.4. The molecule has 6 rings (SSSR count). The van der Waals surface area contributed by atoms with Gasteiger partial charge in [-0.1, -0.05) is 31.8 Å². The Hall–Kier alpha value is -0.730. The molecule has 0 amide bonds. The number of ether oxygens (including phenoxy) is 4. The quantitative estimate of drug-likeness (QED) is 0.332. The van der Waals surface area contributed by atoms with Gasteiger partial charge in [0.05, 0.1) is 44.7 Å². The molecule has 33 heavy (non-hydrogen) atoms. The summed E-state index contributed by atoms with van der Waals surface area (Å²) in [6.45, 7) is 6.83. The Morgan fingerprint density at radius 3 is 2.21 bits per heavy atom. The minimum atomic E-state index is 0.351. The third-order valence-corrected chi connectivity index (χ3v) is 9.60. The molecule has 2 saturated carbocycles. The second-order valence-electron chi connectivity index (χ2n) is 10.5. The van der Waals surface area contributed by atoms with Crippen molar-refractivity contribution in [2.75, 3.05) is 52.7 Å². The van der Waals surface area contributed by atoms with Crippen LogP contribution < -0.4 is 0 Å². The molecule has 184 valence electrons. The Morgan fingerprint density at radius 2 is 1.48 bits per heavy atom. The van der Waals surface area contributed by atoms with Crippen molar-refractivity contribution in [2.45, 2.75) is 80.9 Å². The Morgan fingerprint density at radius 1 is 0.848 bits per heavy atom. The fraction of sp³-hybridized carbons (Fsp3) is 0.846. The van der Waals surface area contributed by atoms with E-state index in [4.69, 9.17) is 18.9 Å². The summed E-state index contributed by atoms with van der Waals surface area (Å²) in [5, 5.41) is 2.22. The van der Waals surface area contributed by atoms with Gasteiger partial charge in [0.1, 0.15) is 12.2 Å². The van der Waals surface area contributed by atoms with Crippen LogP contribution in [0.4, 0.5) is 0 Å². The van der Waals surface area contributed by atoms with Crippen molar-refractivity contribution in [3.8, 4) is 0 Å². The van der Waals surface area contributed by atoms with Gasteiger partial charge in [-0.2, -0.15) is 0 Å². The number of hydrogen-bond donors (Lipinski definition) is 0. The minimum absolute atomic E-state index is 0.351. The van der Waals surface area contributed by atoms with E-state index in [1.807, 2.05) is 0 Å². The SMILES string of the molecule is C1=C(C=C2SC3CCCCC3N2CCOCC2CO2)N(CCOCC2CO2)C2CCCCC12. The van der Waals surface area contributed by atoms with Gasteiger partial charge in [-0.3, -0.25) is 0 Å². The summed E-state index contributed by atoms with van der Waals surface area (Å²) in [6.07, 6.45) is 16.6. The number of epoxide rings is 2. The van der Waals surface area contributed by atoms with Crippen LogP contribution in [0.5, 0.6) is 0 Å². The molecule has 0 bridgehead atoms. The lowest BCUT2D eigenvalue weighted by Crippen LogP contribution is -2.39. The molecule has 6 unspecified atom stereocenters. The van der Waals surface area contributed by atoms with Crippen LogP contribution in [0.15, 0.2) is 22.9 Å². The molecule has 3 saturated heterocycles. The Labute approximate surface area is 203 Å². The van der Waals surface area contributed by atoms with Gasteiger partial charge < -0.3 is 28.7 Å². The normalized spacial score (nSPS) is 38.4. The van der Waals surface area contributed by atoms with E-state index in [-0.39, 0.29) is 0 Å².